The second-order valence-electron chi connectivity index (χ2n) is 4.67. The van der Waals surface area contributed by atoms with Crippen LogP contribution in [0.3, 0.4) is 0 Å². The van der Waals surface area contributed by atoms with Crippen LogP contribution in [-0.2, 0) is 16.6 Å². The van der Waals surface area contributed by atoms with Crippen LogP contribution in [0.2, 0.25) is 0 Å². The van der Waals surface area contributed by atoms with E-state index < -0.39 is 16.1 Å². The molecule has 0 aliphatic carbocycles. The predicted molar refractivity (Wildman–Crippen MR) is 79.1 cm³/mol. The van der Waals surface area contributed by atoms with Gasteiger partial charge in [0.25, 0.3) is 0 Å². The van der Waals surface area contributed by atoms with Crippen LogP contribution in [0.25, 0.3) is 0 Å². The minimum Gasteiger partial charge on any atom is -0.465 e. The molecule has 0 aliphatic rings. The predicted octanol–water partition coefficient (Wildman–Crippen LogP) is 2.46. The summed E-state index contributed by atoms with van der Waals surface area (Å²) in [7, 11) is -3.61. The summed E-state index contributed by atoms with van der Waals surface area (Å²) in [5.41, 5.74) is 6.32. The summed E-state index contributed by atoms with van der Waals surface area (Å²) >= 11 is 1.36. The molecule has 2 aromatic heterocycles. The SMILES string of the molecule is Cc1ccc(C(C)NS(=O)(=O)c2c(C)csc2CN)o1. The Kier molecular flexibility index (Phi) is 4.33. The maximum atomic E-state index is 12.5. The van der Waals surface area contributed by atoms with Crippen molar-refractivity contribution < 1.29 is 12.8 Å². The number of nitrogens with two attached hydrogens (primary N) is 1. The molecule has 0 aliphatic heterocycles. The Morgan fingerprint density at radius 1 is 1.40 bits per heavy atom. The highest BCUT2D eigenvalue weighted by Crippen LogP contribution is 2.28. The van der Waals surface area contributed by atoms with Crippen molar-refractivity contribution in [3.63, 3.8) is 0 Å². The lowest BCUT2D eigenvalue weighted by Crippen LogP contribution is -2.27. The van der Waals surface area contributed by atoms with Gasteiger partial charge in [0.2, 0.25) is 10.0 Å². The molecule has 2 heterocycles. The molecule has 1 unspecified atom stereocenters. The fraction of sp³-hybridized carbons (Fsp3) is 0.385. The second-order valence-corrected chi connectivity index (χ2v) is 7.28. The van der Waals surface area contributed by atoms with Gasteiger partial charge in [0.15, 0.2) is 0 Å². The van der Waals surface area contributed by atoms with Gasteiger partial charge in [-0.25, -0.2) is 13.1 Å². The van der Waals surface area contributed by atoms with Crippen molar-refractivity contribution >= 4 is 21.4 Å². The lowest BCUT2D eigenvalue weighted by atomic mass is 10.3. The third kappa shape index (κ3) is 2.95. The largest absolute Gasteiger partial charge is 0.465 e. The van der Waals surface area contributed by atoms with Gasteiger partial charge in [-0.1, -0.05) is 0 Å². The minimum absolute atomic E-state index is 0.211. The monoisotopic (exact) mass is 314 g/mol. The van der Waals surface area contributed by atoms with Crippen LogP contribution in [-0.4, -0.2) is 8.42 Å². The van der Waals surface area contributed by atoms with Gasteiger partial charge in [-0.15, -0.1) is 11.3 Å². The summed E-state index contributed by atoms with van der Waals surface area (Å²) < 4.78 is 33.0. The van der Waals surface area contributed by atoms with Gasteiger partial charge >= 0.3 is 0 Å². The molecule has 0 spiro atoms. The quantitative estimate of drug-likeness (QED) is 0.887. The molecule has 5 nitrogen and oxygen atoms in total. The van der Waals surface area contributed by atoms with Crippen LogP contribution in [0.5, 0.6) is 0 Å². The Morgan fingerprint density at radius 3 is 2.65 bits per heavy atom. The van der Waals surface area contributed by atoms with Crippen LogP contribution in [0.4, 0.5) is 0 Å². The van der Waals surface area contributed by atoms with Gasteiger partial charge in [-0.05, 0) is 43.8 Å². The molecule has 0 aromatic carbocycles. The molecule has 20 heavy (non-hydrogen) atoms. The fourth-order valence-corrected chi connectivity index (χ4v) is 4.94. The average Bonchev–Trinajstić information content (AvgIpc) is 2.94. The topological polar surface area (TPSA) is 85.3 Å². The Hall–Kier alpha value is -1.15. The van der Waals surface area contributed by atoms with Crippen molar-refractivity contribution in [3.05, 3.63) is 39.5 Å². The van der Waals surface area contributed by atoms with E-state index in [1.54, 1.807) is 31.4 Å². The third-order valence-electron chi connectivity index (χ3n) is 2.96. The van der Waals surface area contributed by atoms with E-state index in [2.05, 4.69) is 4.72 Å². The van der Waals surface area contributed by atoms with Crippen molar-refractivity contribution in [1.82, 2.24) is 4.72 Å². The molecule has 3 N–H and O–H groups in total. The smallest absolute Gasteiger partial charge is 0.242 e. The first kappa shape index (κ1) is 15.2. The lowest BCUT2D eigenvalue weighted by Gasteiger charge is -2.13. The maximum absolute atomic E-state index is 12.5. The first-order valence-corrected chi connectivity index (χ1v) is 8.57. The number of sulfonamides is 1. The van der Waals surface area contributed by atoms with Gasteiger partial charge in [-0.3, -0.25) is 0 Å². The molecule has 110 valence electrons. The van der Waals surface area contributed by atoms with Crippen molar-refractivity contribution in [2.45, 2.75) is 38.3 Å². The summed E-state index contributed by atoms with van der Waals surface area (Å²) in [4.78, 5) is 0.956. The van der Waals surface area contributed by atoms with Crippen molar-refractivity contribution in [1.29, 1.82) is 0 Å². The van der Waals surface area contributed by atoms with E-state index >= 15 is 0 Å². The molecular formula is C13H18N2O3S2. The molecule has 7 heteroatoms. The standard InChI is InChI=1S/C13H18N2O3S2/c1-8-7-19-12(6-14)13(8)20(16,17)15-10(3)11-5-4-9(2)18-11/h4-5,7,10,15H,6,14H2,1-3H3. The van der Waals surface area contributed by atoms with E-state index in [0.717, 1.165) is 5.76 Å². The molecule has 0 saturated carbocycles. The molecule has 2 aromatic rings. The second kappa shape index (κ2) is 5.69. The van der Waals surface area contributed by atoms with Crippen molar-refractivity contribution in [2.75, 3.05) is 0 Å². The molecular weight excluding hydrogens is 296 g/mol. The Labute approximate surface area is 122 Å². The number of rotatable bonds is 5. The number of hydrogen-bond acceptors (Lipinski definition) is 5. The van der Waals surface area contributed by atoms with Gasteiger partial charge in [0.05, 0.1) is 6.04 Å². The van der Waals surface area contributed by atoms with Gasteiger partial charge < -0.3 is 10.2 Å². The van der Waals surface area contributed by atoms with Crippen LogP contribution in [0.15, 0.2) is 26.8 Å². The Balaban J connectivity index is 2.29. The van der Waals surface area contributed by atoms with Crippen LogP contribution in [0, 0.1) is 13.8 Å². The van der Waals surface area contributed by atoms with Crippen LogP contribution < -0.4 is 10.5 Å². The van der Waals surface area contributed by atoms with E-state index in [-0.39, 0.29) is 6.54 Å². The number of nitrogens with one attached hydrogen (secondary N) is 1. The average molecular weight is 314 g/mol. The molecule has 0 saturated heterocycles. The van der Waals surface area contributed by atoms with Gasteiger partial charge in [0, 0.05) is 11.4 Å². The third-order valence-corrected chi connectivity index (χ3v) is 5.99. The van der Waals surface area contributed by atoms with Crippen molar-refractivity contribution in [3.8, 4) is 0 Å². The van der Waals surface area contributed by atoms with E-state index in [1.807, 2.05) is 6.92 Å². The molecule has 2 rings (SSSR count). The lowest BCUT2D eigenvalue weighted by molar-refractivity contribution is 0.441. The number of furan rings is 1. The summed E-state index contributed by atoms with van der Waals surface area (Å²) in [6.07, 6.45) is 0. The summed E-state index contributed by atoms with van der Waals surface area (Å²) in [5.74, 6) is 1.34. The normalized spacial score (nSPS) is 13.6. The first-order chi connectivity index (χ1) is 9.35. The van der Waals surface area contributed by atoms with Crippen molar-refractivity contribution in [2.24, 2.45) is 5.73 Å². The van der Waals surface area contributed by atoms with Crippen LogP contribution >= 0.6 is 11.3 Å². The number of hydrogen-bond donors (Lipinski definition) is 2. The highest BCUT2D eigenvalue weighted by Gasteiger charge is 2.25. The van der Waals surface area contributed by atoms with Gasteiger partial charge in [0.1, 0.15) is 16.4 Å². The Morgan fingerprint density at radius 2 is 2.10 bits per heavy atom. The zero-order valence-corrected chi connectivity index (χ0v) is 13.3. The first-order valence-electron chi connectivity index (χ1n) is 6.21. The van der Waals surface area contributed by atoms with Crippen LogP contribution in [0.1, 0.15) is 34.9 Å². The highest BCUT2D eigenvalue weighted by atomic mass is 32.2. The molecule has 0 bridgehead atoms. The molecule has 0 radical (unpaired) electrons. The number of thiophene rings is 1. The highest BCUT2D eigenvalue weighted by molar-refractivity contribution is 7.89. The summed E-state index contributed by atoms with van der Waals surface area (Å²) in [6, 6.07) is 3.15. The van der Waals surface area contributed by atoms with E-state index in [1.165, 1.54) is 11.3 Å². The molecule has 1 atom stereocenters. The minimum atomic E-state index is -3.61. The van der Waals surface area contributed by atoms with E-state index in [9.17, 15) is 8.42 Å². The zero-order chi connectivity index (χ0) is 14.9. The van der Waals surface area contributed by atoms with E-state index in [0.29, 0.717) is 21.1 Å². The number of aryl methyl sites for hydroxylation is 2. The molecule has 0 amide bonds. The molecule has 0 fully saturated rings. The summed E-state index contributed by atoms with van der Waals surface area (Å²) in [5, 5.41) is 1.80. The maximum Gasteiger partial charge on any atom is 0.242 e. The van der Waals surface area contributed by atoms with E-state index in [4.69, 9.17) is 10.2 Å². The Bertz CT molecular complexity index is 701. The zero-order valence-electron chi connectivity index (χ0n) is 11.6. The van der Waals surface area contributed by atoms with Gasteiger partial charge in [-0.2, -0.15) is 0 Å². The summed E-state index contributed by atoms with van der Waals surface area (Å²) in [6.45, 7) is 5.55. The fourth-order valence-electron chi connectivity index (χ4n) is 2.02.